The first-order valence-electron chi connectivity index (χ1n) is 23.9. The fourth-order valence-corrected chi connectivity index (χ4v) is 7.76. The van der Waals surface area contributed by atoms with Gasteiger partial charge in [0.2, 0.25) is 5.91 Å². The summed E-state index contributed by atoms with van der Waals surface area (Å²) in [5.41, 5.74) is 0. The molecule has 0 aromatic heterocycles. The maximum atomic E-state index is 12.5. The zero-order valence-corrected chi connectivity index (χ0v) is 35.8. The second-order valence-electron chi connectivity index (χ2n) is 16.8. The number of unbranched alkanes of at least 4 members (excludes halogenated alkanes) is 35. The van der Waals surface area contributed by atoms with Crippen molar-refractivity contribution >= 4 is 5.91 Å². The fourth-order valence-electron chi connectivity index (χ4n) is 7.76. The van der Waals surface area contributed by atoms with E-state index in [4.69, 9.17) is 0 Å². The number of amides is 1. The maximum Gasteiger partial charge on any atom is 0.249 e. The van der Waals surface area contributed by atoms with E-state index in [1.54, 1.807) is 0 Å². The van der Waals surface area contributed by atoms with Gasteiger partial charge in [0.25, 0.3) is 0 Å². The van der Waals surface area contributed by atoms with Crippen LogP contribution in [0, 0.1) is 0 Å². The van der Waals surface area contributed by atoms with Gasteiger partial charge in [-0.3, -0.25) is 4.79 Å². The molecule has 5 N–H and O–H groups in total. The highest BCUT2D eigenvalue weighted by atomic mass is 16.3. The van der Waals surface area contributed by atoms with Gasteiger partial charge >= 0.3 is 0 Å². The highest BCUT2D eigenvalue weighted by molar-refractivity contribution is 5.80. The van der Waals surface area contributed by atoms with Gasteiger partial charge in [-0.05, 0) is 12.8 Å². The van der Waals surface area contributed by atoms with Crippen molar-refractivity contribution in [1.82, 2.24) is 5.32 Å². The number of nitrogens with one attached hydrogen (secondary N) is 1. The van der Waals surface area contributed by atoms with E-state index in [1.165, 1.54) is 199 Å². The molecule has 0 aliphatic rings. The Labute approximate surface area is 330 Å². The summed E-state index contributed by atoms with van der Waals surface area (Å²) < 4.78 is 0. The van der Waals surface area contributed by atoms with E-state index >= 15 is 0 Å². The van der Waals surface area contributed by atoms with Crippen LogP contribution >= 0.6 is 0 Å². The van der Waals surface area contributed by atoms with E-state index in [1.807, 2.05) is 0 Å². The van der Waals surface area contributed by atoms with Gasteiger partial charge in [0.15, 0.2) is 0 Å². The zero-order chi connectivity index (χ0) is 38.9. The Balaban J connectivity index is 3.58. The quantitative estimate of drug-likeness (QED) is 0.0398. The molecular weight excluding hydrogens is 659 g/mol. The average Bonchev–Trinajstić information content (AvgIpc) is 3.16. The molecular formula is C47H95NO5. The smallest absolute Gasteiger partial charge is 0.249 e. The number of hydrogen-bond donors (Lipinski definition) is 5. The van der Waals surface area contributed by atoms with Crippen molar-refractivity contribution in [3.8, 4) is 0 Å². The van der Waals surface area contributed by atoms with Crippen LogP contribution in [-0.2, 0) is 4.79 Å². The lowest BCUT2D eigenvalue weighted by Gasteiger charge is -2.27. The van der Waals surface area contributed by atoms with Gasteiger partial charge in [0, 0.05) is 0 Å². The van der Waals surface area contributed by atoms with Crippen molar-refractivity contribution in [1.29, 1.82) is 0 Å². The Morgan fingerprint density at radius 1 is 0.396 bits per heavy atom. The van der Waals surface area contributed by atoms with Crippen molar-refractivity contribution in [2.45, 2.75) is 289 Å². The molecule has 6 nitrogen and oxygen atoms in total. The Kier molecular flexibility index (Phi) is 41.9. The molecule has 0 radical (unpaired) electrons. The number of carbonyl (C=O) groups excluding carboxylic acids is 1. The summed E-state index contributed by atoms with van der Waals surface area (Å²) in [4.78, 5) is 12.5. The van der Waals surface area contributed by atoms with Gasteiger partial charge < -0.3 is 25.7 Å². The molecule has 1 amide bonds. The predicted octanol–water partition coefficient (Wildman–Crippen LogP) is 12.8. The van der Waals surface area contributed by atoms with Crippen LogP contribution in [-0.4, -0.2) is 57.3 Å². The SMILES string of the molecule is CCCCCCCCCCCCCCCCCCCCCCCCCCCCC(O)C(O)C(CO)NC(=O)C(O)CCCCCCCCCCCCC. The molecule has 0 saturated carbocycles. The standard InChI is InChI=1S/C47H95NO5/c1-3-5-7-9-11-13-15-16-17-18-19-20-21-22-23-24-25-26-27-28-29-31-32-34-36-38-40-44(50)46(52)43(42-49)48-47(53)45(51)41-39-37-35-33-30-14-12-10-8-6-4-2/h43-46,49-52H,3-42H2,1-2H3,(H,48,53). The zero-order valence-electron chi connectivity index (χ0n) is 35.8. The van der Waals surface area contributed by atoms with Crippen molar-refractivity contribution in [2.24, 2.45) is 0 Å². The molecule has 0 aliphatic carbocycles. The molecule has 0 aromatic carbocycles. The van der Waals surface area contributed by atoms with Crippen LogP contribution in [0.4, 0.5) is 0 Å². The number of rotatable bonds is 44. The van der Waals surface area contributed by atoms with E-state index in [2.05, 4.69) is 19.2 Å². The summed E-state index contributed by atoms with van der Waals surface area (Å²) in [7, 11) is 0. The topological polar surface area (TPSA) is 110 Å². The van der Waals surface area contributed by atoms with Crippen LogP contribution in [0.1, 0.15) is 264 Å². The highest BCUT2D eigenvalue weighted by Gasteiger charge is 2.28. The van der Waals surface area contributed by atoms with Gasteiger partial charge in [-0.15, -0.1) is 0 Å². The molecule has 0 rings (SSSR count). The summed E-state index contributed by atoms with van der Waals surface area (Å²) in [6.07, 6.45) is 45.9. The summed E-state index contributed by atoms with van der Waals surface area (Å²) in [5, 5.41) is 43.7. The lowest BCUT2D eigenvalue weighted by Crippen LogP contribution is -2.53. The van der Waals surface area contributed by atoms with Gasteiger partial charge in [-0.2, -0.15) is 0 Å². The van der Waals surface area contributed by atoms with Gasteiger partial charge in [-0.1, -0.05) is 251 Å². The molecule has 0 saturated heterocycles. The molecule has 0 aromatic rings. The van der Waals surface area contributed by atoms with Crippen LogP contribution in [0.5, 0.6) is 0 Å². The normalized spacial score (nSPS) is 14.0. The van der Waals surface area contributed by atoms with Crippen LogP contribution in [0.25, 0.3) is 0 Å². The molecule has 0 fully saturated rings. The van der Waals surface area contributed by atoms with Crippen molar-refractivity contribution in [3.05, 3.63) is 0 Å². The molecule has 4 atom stereocenters. The lowest BCUT2D eigenvalue weighted by atomic mass is 9.99. The molecule has 0 heterocycles. The van der Waals surface area contributed by atoms with Crippen molar-refractivity contribution in [3.63, 3.8) is 0 Å². The minimum atomic E-state index is -1.25. The minimum absolute atomic E-state index is 0.374. The predicted molar refractivity (Wildman–Crippen MR) is 228 cm³/mol. The number of aliphatic hydroxyl groups excluding tert-OH is 4. The summed E-state index contributed by atoms with van der Waals surface area (Å²) in [5.74, 6) is -0.581. The van der Waals surface area contributed by atoms with Crippen molar-refractivity contribution in [2.75, 3.05) is 6.61 Å². The molecule has 0 aliphatic heterocycles. The van der Waals surface area contributed by atoms with E-state index in [-0.39, 0.29) is 0 Å². The van der Waals surface area contributed by atoms with Gasteiger partial charge in [-0.25, -0.2) is 0 Å². The monoisotopic (exact) mass is 754 g/mol. The first-order chi connectivity index (χ1) is 26.0. The van der Waals surface area contributed by atoms with E-state index < -0.39 is 36.9 Å². The third-order valence-corrected chi connectivity index (χ3v) is 11.6. The van der Waals surface area contributed by atoms with Crippen molar-refractivity contribution < 1.29 is 25.2 Å². The van der Waals surface area contributed by atoms with E-state index in [0.717, 1.165) is 38.5 Å². The lowest BCUT2D eigenvalue weighted by molar-refractivity contribution is -0.132. The second-order valence-corrected chi connectivity index (χ2v) is 16.8. The minimum Gasteiger partial charge on any atom is -0.394 e. The maximum absolute atomic E-state index is 12.5. The number of aliphatic hydroxyl groups is 4. The average molecular weight is 754 g/mol. The first kappa shape index (κ1) is 52.3. The van der Waals surface area contributed by atoms with Gasteiger partial charge in [0.05, 0.1) is 18.8 Å². The third kappa shape index (κ3) is 36.7. The first-order valence-corrected chi connectivity index (χ1v) is 23.9. The summed E-state index contributed by atoms with van der Waals surface area (Å²) >= 11 is 0. The molecule has 0 bridgehead atoms. The molecule has 318 valence electrons. The highest BCUT2D eigenvalue weighted by Crippen LogP contribution is 2.18. The largest absolute Gasteiger partial charge is 0.394 e. The molecule has 0 spiro atoms. The van der Waals surface area contributed by atoms with Gasteiger partial charge in [0.1, 0.15) is 12.2 Å². The number of carbonyl (C=O) groups is 1. The fraction of sp³-hybridized carbons (Fsp3) is 0.979. The van der Waals surface area contributed by atoms with Crippen LogP contribution in [0.15, 0.2) is 0 Å². The molecule has 4 unspecified atom stereocenters. The van der Waals surface area contributed by atoms with Crippen LogP contribution in [0.3, 0.4) is 0 Å². The Morgan fingerprint density at radius 3 is 0.906 bits per heavy atom. The van der Waals surface area contributed by atoms with Crippen LogP contribution < -0.4 is 5.32 Å². The Hall–Kier alpha value is -0.690. The molecule has 53 heavy (non-hydrogen) atoms. The third-order valence-electron chi connectivity index (χ3n) is 11.6. The summed E-state index contributed by atoms with van der Waals surface area (Å²) in [6, 6.07) is -0.978. The molecule has 6 heteroatoms. The Morgan fingerprint density at radius 2 is 0.642 bits per heavy atom. The summed E-state index contributed by atoms with van der Waals surface area (Å²) in [6.45, 7) is 4.06. The number of hydrogen-bond acceptors (Lipinski definition) is 5. The van der Waals surface area contributed by atoms with Crippen LogP contribution in [0.2, 0.25) is 0 Å². The Bertz CT molecular complexity index is 721. The van der Waals surface area contributed by atoms with E-state index in [0.29, 0.717) is 12.8 Å². The van der Waals surface area contributed by atoms with E-state index in [9.17, 15) is 25.2 Å². The second kappa shape index (κ2) is 42.5.